The molecule has 0 unspecified atom stereocenters. The van der Waals surface area contributed by atoms with E-state index in [0.717, 1.165) is 12.4 Å². The Bertz CT molecular complexity index is 421. The van der Waals surface area contributed by atoms with Crippen LogP contribution in [0.5, 0.6) is 0 Å². The third kappa shape index (κ3) is 3.63. The zero-order chi connectivity index (χ0) is 12.2. The van der Waals surface area contributed by atoms with Crippen LogP contribution in [0.2, 0.25) is 0 Å². The molecule has 0 aromatic carbocycles. The van der Waals surface area contributed by atoms with Crippen molar-refractivity contribution in [2.75, 3.05) is 11.5 Å². The van der Waals surface area contributed by atoms with E-state index >= 15 is 0 Å². The molecule has 0 aliphatic rings. The van der Waals surface area contributed by atoms with E-state index in [2.05, 4.69) is 18.8 Å². The van der Waals surface area contributed by atoms with Gasteiger partial charge in [-0.2, -0.15) is 0 Å². The van der Waals surface area contributed by atoms with Crippen molar-refractivity contribution in [2.45, 2.75) is 39.7 Å². The molecule has 1 heterocycles. The molecule has 4 nitrogen and oxygen atoms in total. The lowest BCUT2D eigenvalue weighted by molar-refractivity contribution is 0.578. The molecule has 0 saturated carbocycles. The molecule has 0 saturated heterocycles. The van der Waals surface area contributed by atoms with Crippen LogP contribution >= 0.6 is 0 Å². The summed E-state index contributed by atoms with van der Waals surface area (Å²) in [7, 11) is -2.84. The third-order valence-corrected chi connectivity index (χ3v) is 4.35. The first-order chi connectivity index (χ1) is 7.46. The average molecular weight is 244 g/mol. The number of nitrogens with zero attached hydrogens (tertiary/aromatic N) is 2. The van der Waals surface area contributed by atoms with Crippen molar-refractivity contribution in [3.8, 4) is 0 Å². The van der Waals surface area contributed by atoms with Gasteiger partial charge >= 0.3 is 0 Å². The topological polar surface area (TPSA) is 52.0 Å². The van der Waals surface area contributed by atoms with Crippen LogP contribution in [0.3, 0.4) is 0 Å². The number of hydrogen-bond donors (Lipinski definition) is 0. The van der Waals surface area contributed by atoms with Gasteiger partial charge in [-0.3, -0.25) is 0 Å². The number of rotatable bonds is 6. The Morgan fingerprint density at radius 1 is 1.44 bits per heavy atom. The molecule has 0 radical (unpaired) electrons. The van der Waals surface area contributed by atoms with Gasteiger partial charge in [-0.15, -0.1) is 0 Å². The highest BCUT2D eigenvalue weighted by molar-refractivity contribution is 7.91. The van der Waals surface area contributed by atoms with E-state index in [-0.39, 0.29) is 11.5 Å². The summed E-state index contributed by atoms with van der Waals surface area (Å²) in [6.45, 7) is 6.59. The molecule has 92 valence electrons. The Morgan fingerprint density at radius 3 is 2.69 bits per heavy atom. The van der Waals surface area contributed by atoms with Gasteiger partial charge in [0, 0.05) is 30.6 Å². The lowest BCUT2D eigenvalue weighted by Gasteiger charge is -2.09. The minimum atomic E-state index is -2.84. The van der Waals surface area contributed by atoms with E-state index in [0.29, 0.717) is 12.3 Å². The number of hydrogen-bond acceptors (Lipinski definition) is 3. The summed E-state index contributed by atoms with van der Waals surface area (Å²) in [5.41, 5.74) is 0. The van der Waals surface area contributed by atoms with Crippen molar-refractivity contribution in [1.82, 2.24) is 9.55 Å². The van der Waals surface area contributed by atoms with Gasteiger partial charge < -0.3 is 4.57 Å². The fourth-order valence-corrected chi connectivity index (χ4v) is 2.47. The molecule has 16 heavy (non-hydrogen) atoms. The van der Waals surface area contributed by atoms with Crippen molar-refractivity contribution in [2.24, 2.45) is 0 Å². The standard InChI is InChI=1S/C11H20N2O2S/c1-4-16(14,15)9-5-7-13-8-6-12-11(13)10(2)3/h6,8,10H,4-5,7,9H2,1-3H3. The predicted octanol–water partition coefficient (Wildman–Crippen LogP) is 1.83. The first-order valence-electron chi connectivity index (χ1n) is 5.67. The summed E-state index contributed by atoms with van der Waals surface area (Å²) in [6.07, 6.45) is 4.34. The van der Waals surface area contributed by atoms with Crippen LogP contribution in [0.15, 0.2) is 12.4 Å². The smallest absolute Gasteiger partial charge is 0.150 e. The van der Waals surface area contributed by atoms with Crippen LogP contribution in [-0.2, 0) is 16.4 Å². The molecule has 0 fully saturated rings. The summed E-state index contributed by atoms with van der Waals surface area (Å²) < 4.78 is 24.7. The molecule has 0 bridgehead atoms. The number of aromatic nitrogens is 2. The van der Waals surface area contributed by atoms with E-state index in [1.165, 1.54) is 0 Å². The summed E-state index contributed by atoms with van der Waals surface area (Å²) in [4.78, 5) is 4.26. The summed E-state index contributed by atoms with van der Waals surface area (Å²) in [6, 6.07) is 0. The lowest BCUT2D eigenvalue weighted by Crippen LogP contribution is -2.12. The van der Waals surface area contributed by atoms with Gasteiger partial charge in [-0.25, -0.2) is 13.4 Å². The van der Waals surface area contributed by atoms with Gasteiger partial charge in [0.2, 0.25) is 0 Å². The molecule has 1 aromatic heterocycles. The van der Waals surface area contributed by atoms with Gasteiger partial charge in [0.15, 0.2) is 0 Å². The lowest BCUT2D eigenvalue weighted by atomic mass is 10.2. The maximum Gasteiger partial charge on any atom is 0.150 e. The fraction of sp³-hybridized carbons (Fsp3) is 0.727. The Labute approximate surface area is 97.6 Å². The number of imidazole rings is 1. The summed E-state index contributed by atoms with van der Waals surface area (Å²) in [5.74, 6) is 1.89. The monoisotopic (exact) mass is 244 g/mol. The molecule has 0 atom stereocenters. The van der Waals surface area contributed by atoms with Crippen molar-refractivity contribution in [1.29, 1.82) is 0 Å². The second-order valence-electron chi connectivity index (χ2n) is 4.22. The van der Waals surface area contributed by atoms with E-state index in [9.17, 15) is 8.42 Å². The molecule has 1 rings (SSSR count). The van der Waals surface area contributed by atoms with Crippen molar-refractivity contribution in [3.63, 3.8) is 0 Å². The Hall–Kier alpha value is -0.840. The first kappa shape index (κ1) is 13.2. The van der Waals surface area contributed by atoms with Gasteiger partial charge in [-0.1, -0.05) is 20.8 Å². The van der Waals surface area contributed by atoms with Gasteiger partial charge in [0.1, 0.15) is 15.7 Å². The minimum absolute atomic E-state index is 0.230. The van der Waals surface area contributed by atoms with E-state index in [1.54, 1.807) is 13.1 Å². The largest absolute Gasteiger partial charge is 0.335 e. The van der Waals surface area contributed by atoms with Crippen molar-refractivity contribution >= 4 is 9.84 Å². The average Bonchev–Trinajstić information content (AvgIpc) is 2.66. The Kier molecular flexibility index (Phi) is 4.53. The van der Waals surface area contributed by atoms with Gasteiger partial charge in [-0.05, 0) is 6.42 Å². The highest BCUT2D eigenvalue weighted by atomic mass is 32.2. The van der Waals surface area contributed by atoms with Crippen molar-refractivity contribution in [3.05, 3.63) is 18.2 Å². The maximum absolute atomic E-state index is 11.3. The van der Waals surface area contributed by atoms with Gasteiger partial charge in [0.05, 0.1) is 5.75 Å². The number of aryl methyl sites for hydroxylation is 1. The second-order valence-corrected chi connectivity index (χ2v) is 6.70. The van der Waals surface area contributed by atoms with Crippen LogP contribution in [0.25, 0.3) is 0 Å². The molecule has 0 amide bonds. The molecule has 0 spiro atoms. The van der Waals surface area contributed by atoms with Crippen LogP contribution in [0.1, 0.15) is 38.9 Å². The predicted molar refractivity (Wildman–Crippen MR) is 65.3 cm³/mol. The van der Waals surface area contributed by atoms with E-state index in [4.69, 9.17) is 0 Å². The molecular formula is C11H20N2O2S. The Balaban J connectivity index is 2.52. The van der Waals surface area contributed by atoms with Crippen LogP contribution in [0.4, 0.5) is 0 Å². The molecule has 1 aromatic rings. The molecular weight excluding hydrogens is 224 g/mol. The van der Waals surface area contributed by atoms with Crippen LogP contribution < -0.4 is 0 Å². The third-order valence-electron chi connectivity index (χ3n) is 2.56. The summed E-state index contributed by atoms with van der Waals surface area (Å²) in [5, 5.41) is 0. The van der Waals surface area contributed by atoms with Crippen LogP contribution in [-0.4, -0.2) is 29.5 Å². The fourth-order valence-electron chi connectivity index (χ4n) is 1.61. The van der Waals surface area contributed by atoms with Crippen LogP contribution in [0, 0.1) is 0 Å². The highest BCUT2D eigenvalue weighted by Gasteiger charge is 2.09. The zero-order valence-corrected chi connectivity index (χ0v) is 11.0. The first-order valence-corrected chi connectivity index (χ1v) is 7.50. The SMILES string of the molecule is CCS(=O)(=O)CCCn1ccnc1C(C)C. The van der Waals surface area contributed by atoms with E-state index < -0.39 is 9.84 Å². The minimum Gasteiger partial charge on any atom is -0.335 e. The second kappa shape index (κ2) is 5.48. The quantitative estimate of drug-likeness (QED) is 0.767. The summed E-state index contributed by atoms with van der Waals surface area (Å²) >= 11 is 0. The zero-order valence-electron chi connectivity index (χ0n) is 10.2. The molecule has 0 aliphatic heterocycles. The van der Waals surface area contributed by atoms with E-state index in [1.807, 2.05) is 10.8 Å². The molecule has 5 heteroatoms. The molecule has 0 N–H and O–H groups in total. The maximum atomic E-state index is 11.3. The Morgan fingerprint density at radius 2 is 2.12 bits per heavy atom. The van der Waals surface area contributed by atoms with Crippen molar-refractivity contribution < 1.29 is 8.42 Å². The number of sulfone groups is 1. The normalized spacial score (nSPS) is 12.2. The highest BCUT2D eigenvalue weighted by Crippen LogP contribution is 2.12. The molecule has 0 aliphatic carbocycles. The van der Waals surface area contributed by atoms with Gasteiger partial charge in [0.25, 0.3) is 0 Å².